The molecule has 28 heavy (non-hydrogen) atoms. The molecule has 3 rings (SSSR count). The quantitative estimate of drug-likeness (QED) is 0.470. The number of carbonyl (C=O) groups is 2. The second-order valence-electron chi connectivity index (χ2n) is 9.28. The molecule has 3 aliphatic rings. The van der Waals surface area contributed by atoms with Gasteiger partial charge in [-0.05, 0) is 55.8 Å². The molecule has 1 heterocycles. The Labute approximate surface area is 169 Å². The lowest BCUT2D eigenvalue weighted by atomic mass is 9.60. The van der Waals surface area contributed by atoms with E-state index in [1.54, 1.807) is 0 Å². The summed E-state index contributed by atoms with van der Waals surface area (Å²) in [5, 5.41) is 0. The van der Waals surface area contributed by atoms with Gasteiger partial charge in [-0.2, -0.15) is 0 Å². The lowest BCUT2D eigenvalue weighted by Gasteiger charge is -2.47. The van der Waals surface area contributed by atoms with Crippen LogP contribution in [-0.2, 0) is 19.1 Å². The molecule has 0 aromatic rings. The van der Waals surface area contributed by atoms with Gasteiger partial charge in [0.1, 0.15) is 12.2 Å². The third kappa shape index (κ3) is 4.87. The molecule has 0 N–H and O–H groups in total. The summed E-state index contributed by atoms with van der Waals surface area (Å²) in [7, 11) is 0. The molecule has 8 atom stereocenters. The molecule has 0 aromatic heterocycles. The molecule has 0 amide bonds. The summed E-state index contributed by atoms with van der Waals surface area (Å²) in [6.45, 7) is 8.54. The highest BCUT2D eigenvalue weighted by atomic mass is 16.5. The number of rotatable bonds is 6. The first-order valence-electron chi connectivity index (χ1n) is 11.1. The number of carbonyl (C=O) groups excluding carboxylic acids is 2. The van der Waals surface area contributed by atoms with Crippen LogP contribution < -0.4 is 0 Å². The van der Waals surface area contributed by atoms with Gasteiger partial charge in [-0.15, -0.1) is 0 Å². The number of esters is 2. The normalized spacial score (nSPS) is 38.4. The van der Waals surface area contributed by atoms with Crippen LogP contribution in [0.1, 0.15) is 66.2 Å². The molecule has 2 aliphatic carbocycles. The number of cyclic esters (lactones) is 1. The summed E-state index contributed by atoms with van der Waals surface area (Å²) in [5.74, 6) is 2.02. The van der Waals surface area contributed by atoms with Crippen molar-refractivity contribution in [2.45, 2.75) is 78.4 Å². The summed E-state index contributed by atoms with van der Waals surface area (Å²) in [6.07, 6.45) is 13.8. The number of hydrogen-bond donors (Lipinski definition) is 0. The second kappa shape index (κ2) is 9.28. The highest BCUT2D eigenvalue weighted by Crippen LogP contribution is 2.48. The van der Waals surface area contributed by atoms with Gasteiger partial charge in [-0.3, -0.25) is 4.79 Å². The standard InChI is InChI=1S/C24H36O4/c1-5-16(3)24(26)28-21-14-15(2)13-18-10-9-17(4)20(23(18)21)12-11-19-7-6-8-22(25)27-19/h6,8-10,15-21,23H,5,7,11-14H2,1-4H3. The van der Waals surface area contributed by atoms with Crippen LogP contribution in [-0.4, -0.2) is 24.1 Å². The average Bonchev–Trinajstić information content (AvgIpc) is 2.66. The first kappa shape index (κ1) is 21.1. The first-order valence-corrected chi connectivity index (χ1v) is 11.1. The Bertz CT molecular complexity index is 622. The molecule has 0 bridgehead atoms. The lowest BCUT2D eigenvalue weighted by molar-refractivity contribution is -0.164. The zero-order valence-corrected chi connectivity index (χ0v) is 17.8. The Balaban J connectivity index is 1.72. The summed E-state index contributed by atoms with van der Waals surface area (Å²) in [6, 6.07) is 0. The van der Waals surface area contributed by atoms with Crippen molar-refractivity contribution >= 4 is 11.9 Å². The Morgan fingerprint density at radius 1 is 1.25 bits per heavy atom. The fourth-order valence-electron chi connectivity index (χ4n) is 5.30. The molecule has 8 unspecified atom stereocenters. The fourth-order valence-corrected chi connectivity index (χ4v) is 5.30. The average molecular weight is 389 g/mol. The van der Waals surface area contributed by atoms with Gasteiger partial charge in [-0.25, -0.2) is 4.79 Å². The van der Waals surface area contributed by atoms with E-state index in [9.17, 15) is 9.59 Å². The lowest BCUT2D eigenvalue weighted by Crippen LogP contribution is -2.46. The van der Waals surface area contributed by atoms with Crippen molar-refractivity contribution in [2.75, 3.05) is 0 Å². The molecule has 0 spiro atoms. The zero-order chi connectivity index (χ0) is 20.3. The van der Waals surface area contributed by atoms with Crippen molar-refractivity contribution < 1.29 is 19.1 Å². The van der Waals surface area contributed by atoms with Crippen molar-refractivity contribution in [1.29, 1.82) is 0 Å². The molecule has 4 nitrogen and oxygen atoms in total. The summed E-state index contributed by atoms with van der Waals surface area (Å²) in [4.78, 5) is 24.1. The summed E-state index contributed by atoms with van der Waals surface area (Å²) < 4.78 is 11.6. The van der Waals surface area contributed by atoms with Gasteiger partial charge < -0.3 is 9.47 Å². The van der Waals surface area contributed by atoms with Crippen molar-refractivity contribution in [1.82, 2.24) is 0 Å². The number of ether oxygens (including phenoxy) is 2. The predicted octanol–water partition coefficient (Wildman–Crippen LogP) is 5.08. The van der Waals surface area contributed by atoms with E-state index in [0.29, 0.717) is 29.6 Å². The molecule has 4 heteroatoms. The highest BCUT2D eigenvalue weighted by Gasteiger charge is 2.45. The van der Waals surface area contributed by atoms with Gasteiger partial charge in [0, 0.05) is 18.4 Å². The molecular weight excluding hydrogens is 352 g/mol. The maximum atomic E-state index is 12.5. The topological polar surface area (TPSA) is 52.6 Å². The van der Waals surface area contributed by atoms with E-state index in [2.05, 4.69) is 26.0 Å². The third-order valence-corrected chi connectivity index (χ3v) is 7.10. The molecule has 0 aromatic carbocycles. The Kier molecular flexibility index (Phi) is 7.00. The van der Waals surface area contributed by atoms with Crippen LogP contribution >= 0.6 is 0 Å². The van der Waals surface area contributed by atoms with Crippen molar-refractivity contribution in [3.8, 4) is 0 Å². The summed E-state index contributed by atoms with van der Waals surface area (Å²) in [5.41, 5.74) is 0. The van der Waals surface area contributed by atoms with E-state index in [-0.39, 0.29) is 30.1 Å². The first-order chi connectivity index (χ1) is 13.4. The number of hydrogen-bond acceptors (Lipinski definition) is 4. The van der Waals surface area contributed by atoms with Crippen LogP contribution in [0.15, 0.2) is 24.3 Å². The Hall–Kier alpha value is -1.58. The SMILES string of the molecule is CCC(C)C(=O)OC1CC(C)CC2C=CC(C)C(CCC3CC=CC(=O)O3)C21. The Morgan fingerprint density at radius 2 is 2.04 bits per heavy atom. The van der Waals surface area contributed by atoms with Crippen molar-refractivity contribution in [3.05, 3.63) is 24.3 Å². The van der Waals surface area contributed by atoms with Crippen LogP contribution in [0.4, 0.5) is 0 Å². The molecule has 1 aliphatic heterocycles. The van der Waals surface area contributed by atoms with Crippen molar-refractivity contribution in [2.24, 2.45) is 35.5 Å². The van der Waals surface area contributed by atoms with E-state index in [1.807, 2.05) is 19.9 Å². The highest BCUT2D eigenvalue weighted by molar-refractivity contribution is 5.82. The molecule has 1 saturated carbocycles. The van der Waals surface area contributed by atoms with Crippen LogP contribution in [0.3, 0.4) is 0 Å². The van der Waals surface area contributed by atoms with E-state index in [0.717, 1.165) is 32.1 Å². The summed E-state index contributed by atoms with van der Waals surface area (Å²) >= 11 is 0. The minimum Gasteiger partial charge on any atom is -0.462 e. The number of allylic oxidation sites excluding steroid dienone is 2. The van der Waals surface area contributed by atoms with Gasteiger partial charge in [0.25, 0.3) is 0 Å². The van der Waals surface area contributed by atoms with Gasteiger partial charge in [-0.1, -0.05) is 45.9 Å². The van der Waals surface area contributed by atoms with Gasteiger partial charge in [0.2, 0.25) is 0 Å². The molecule has 0 radical (unpaired) electrons. The largest absolute Gasteiger partial charge is 0.462 e. The van der Waals surface area contributed by atoms with Gasteiger partial charge in [0.05, 0.1) is 5.92 Å². The van der Waals surface area contributed by atoms with Crippen LogP contribution in [0.5, 0.6) is 0 Å². The van der Waals surface area contributed by atoms with Crippen LogP contribution in [0.2, 0.25) is 0 Å². The van der Waals surface area contributed by atoms with E-state index >= 15 is 0 Å². The maximum absolute atomic E-state index is 12.5. The fraction of sp³-hybridized carbons (Fsp3) is 0.750. The molecular formula is C24H36O4. The van der Waals surface area contributed by atoms with Gasteiger partial charge in [0.15, 0.2) is 0 Å². The van der Waals surface area contributed by atoms with Crippen LogP contribution in [0, 0.1) is 35.5 Å². The second-order valence-corrected chi connectivity index (χ2v) is 9.28. The van der Waals surface area contributed by atoms with Gasteiger partial charge >= 0.3 is 11.9 Å². The van der Waals surface area contributed by atoms with Crippen molar-refractivity contribution in [3.63, 3.8) is 0 Å². The maximum Gasteiger partial charge on any atom is 0.330 e. The minimum absolute atomic E-state index is 0.00134. The van der Waals surface area contributed by atoms with E-state index in [4.69, 9.17) is 9.47 Å². The monoisotopic (exact) mass is 388 g/mol. The number of fused-ring (bicyclic) bond motifs is 1. The van der Waals surface area contributed by atoms with Crippen LogP contribution in [0.25, 0.3) is 0 Å². The third-order valence-electron chi connectivity index (χ3n) is 7.10. The zero-order valence-electron chi connectivity index (χ0n) is 17.8. The molecule has 0 saturated heterocycles. The van der Waals surface area contributed by atoms with E-state index in [1.165, 1.54) is 12.5 Å². The molecule has 156 valence electrons. The Morgan fingerprint density at radius 3 is 2.75 bits per heavy atom. The molecule has 1 fully saturated rings. The smallest absolute Gasteiger partial charge is 0.330 e. The van der Waals surface area contributed by atoms with E-state index < -0.39 is 0 Å². The predicted molar refractivity (Wildman–Crippen MR) is 109 cm³/mol. The minimum atomic E-state index is -0.224.